The minimum absolute atomic E-state index is 0.127. The van der Waals surface area contributed by atoms with E-state index in [0.29, 0.717) is 30.1 Å². The van der Waals surface area contributed by atoms with Crippen LogP contribution in [0, 0.1) is 0 Å². The van der Waals surface area contributed by atoms with Gasteiger partial charge in [-0.05, 0) is 52.7 Å². The summed E-state index contributed by atoms with van der Waals surface area (Å²) in [5.41, 5.74) is 1.75. The molecule has 1 amide bonds. The number of benzene rings is 2. The smallest absolute Gasteiger partial charge is 0.277 e. The predicted octanol–water partition coefficient (Wildman–Crippen LogP) is 4.24. The van der Waals surface area contributed by atoms with Gasteiger partial charge in [-0.25, -0.2) is 0 Å². The van der Waals surface area contributed by atoms with E-state index in [1.165, 1.54) is 11.8 Å². The van der Waals surface area contributed by atoms with Crippen molar-refractivity contribution in [2.75, 3.05) is 19.0 Å². The number of aromatic nitrogens is 2. The van der Waals surface area contributed by atoms with E-state index >= 15 is 0 Å². The first-order chi connectivity index (χ1) is 14.1. The topological polar surface area (TPSA) is 86.5 Å². The van der Waals surface area contributed by atoms with Crippen molar-refractivity contribution >= 4 is 33.6 Å². The van der Waals surface area contributed by atoms with Crippen molar-refractivity contribution in [1.82, 2.24) is 15.5 Å². The van der Waals surface area contributed by atoms with Crippen molar-refractivity contribution in [3.63, 3.8) is 0 Å². The fraction of sp³-hybridized carbons (Fsp3) is 0.250. The summed E-state index contributed by atoms with van der Waals surface area (Å²) in [7, 11) is 0. The van der Waals surface area contributed by atoms with Gasteiger partial charge in [-0.2, -0.15) is 0 Å². The van der Waals surface area contributed by atoms with Crippen LogP contribution >= 0.6 is 27.7 Å². The number of fused-ring (bicyclic) bond motifs is 1. The third-order valence-electron chi connectivity index (χ3n) is 4.28. The van der Waals surface area contributed by atoms with Gasteiger partial charge < -0.3 is 19.2 Å². The van der Waals surface area contributed by atoms with E-state index in [1.54, 1.807) is 0 Å². The van der Waals surface area contributed by atoms with E-state index in [4.69, 9.17) is 13.9 Å². The predicted molar refractivity (Wildman–Crippen MR) is 112 cm³/mol. The first-order valence-corrected chi connectivity index (χ1v) is 10.8. The number of rotatable bonds is 6. The van der Waals surface area contributed by atoms with Crippen LogP contribution in [0.5, 0.6) is 11.5 Å². The van der Waals surface area contributed by atoms with Crippen LogP contribution in [0.4, 0.5) is 0 Å². The maximum Gasteiger partial charge on any atom is 0.277 e. The van der Waals surface area contributed by atoms with Gasteiger partial charge in [-0.3, -0.25) is 4.79 Å². The van der Waals surface area contributed by atoms with Gasteiger partial charge in [-0.1, -0.05) is 30.0 Å². The molecular formula is C20H18BrN3O4S. The number of halogens is 1. The Morgan fingerprint density at radius 3 is 2.79 bits per heavy atom. The van der Waals surface area contributed by atoms with Crippen LogP contribution < -0.4 is 14.8 Å². The molecule has 0 saturated carbocycles. The van der Waals surface area contributed by atoms with Crippen LogP contribution in [0.2, 0.25) is 0 Å². The van der Waals surface area contributed by atoms with Crippen molar-refractivity contribution in [2.45, 2.75) is 18.2 Å². The second-order valence-electron chi connectivity index (χ2n) is 6.33. The van der Waals surface area contributed by atoms with Crippen molar-refractivity contribution in [3.05, 3.63) is 52.5 Å². The van der Waals surface area contributed by atoms with Crippen molar-refractivity contribution < 1.29 is 18.7 Å². The lowest BCUT2D eigenvalue weighted by molar-refractivity contribution is -0.119. The zero-order valence-electron chi connectivity index (χ0n) is 15.6. The molecule has 2 aromatic carbocycles. The van der Waals surface area contributed by atoms with E-state index < -0.39 is 0 Å². The Morgan fingerprint density at radius 1 is 1.17 bits per heavy atom. The summed E-state index contributed by atoms with van der Waals surface area (Å²) >= 11 is 4.66. The fourth-order valence-electron chi connectivity index (χ4n) is 2.83. The number of ether oxygens (including phenoxy) is 2. The minimum Gasteiger partial charge on any atom is -0.486 e. The average molecular weight is 476 g/mol. The van der Waals surface area contributed by atoms with Crippen LogP contribution in [-0.4, -0.2) is 35.1 Å². The molecule has 29 heavy (non-hydrogen) atoms. The molecule has 1 N–H and O–H groups in total. The minimum atomic E-state index is -0.169. The normalized spacial score (nSPS) is 13.7. The van der Waals surface area contributed by atoms with Gasteiger partial charge in [0.25, 0.3) is 5.22 Å². The highest BCUT2D eigenvalue weighted by Crippen LogP contribution is 2.33. The van der Waals surface area contributed by atoms with Gasteiger partial charge in [0.2, 0.25) is 11.8 Å². The molecule has 0 radical (unpaired) electrons. The molecule has 3 aromatic rings. The fourth-order valence-corrected chi connectivity index (χ4v) is 3.86. The first-order valence-electron chi connectivity index (χ1n) is 9.00. The maximum absolute atomic E-state index is 12.3. The summed E-state index contributed by atoms with van der Waals surface area (Å²) in [5.74, 6) is 1.89. The lowest BCUT2D eigenvalue weighted by atomic mass is 10.1. The van der Waals surface area contributed by atoms with E-state index in [2.05, 4.69) is 31.4 Å². The average Bonchev–Trinajstić information content (AvgIpc) is 3.21. The van der Waals surface area contributed by atoms with Crippen molar-refractivity contribution in [3.8, 4) is 23.0 Å². The van der Waals surface area contributed by atoms with E-state index in [1.807, 2.05) is 49.4 Å². The molecule has 1 aliphatic rings. The van der Waals surface area contributed by atoms with E-state index in [-0.39, 0.29) is 17.7 Å². The highest BCUT2D eigenvalue weighted by atomic mass is 79.9. The molecule has 1 aromatic heterocycles. The Labute approximate surface area is 180 Å². The highest BCUT2D eigenvalue weighted by Gasteiger charge is 2.17. The molecular weight excluding hydrogens is 458 g/mol. The van der Waals surface area contributed by atoms with Crippen LogP contribution in [0.15, 0.2) is 56.6 Å². The molecule has 0 fully saturated rings. The molecule has 0 spiro atoms. The van der Waals surface area contributed by atoms with Gasteiger partial charge in [0.15, 0.2) is 11.5 Å². The lowest BCUT2D eigenvalue weighted by Gasteiger charge is -2.21. The molecule has 0 unspecified atom stereocenters. The Morgan fingerprint density at radius 2 is 1.97 bits per heavy atom. The Kier molecular flexibility index (Phi) is 6.05. The number of nitrogens with one attached hydrogen (secondary N) is 1. The molecule has 9 heteroatoms. The third-order valence-corrected chi connectivity index (χ3v) is 5.79. The molecule has 0 bridgehead atoms. The number of nitrogens with zero attached hydrogens (tertiary/aromatic N) is 2. The Hall–Kier alpha value is -2.52. The first kappa shape index (κ1) is 19.8. The van der Waals surface area contributed by atoms with E-state index in [9.17, 15) is 4.79 Å². The summed E-state index contributed by atoms with van der Waals surface area (Å²) in [6, 6.07) is 13.1. The molecule has 1 atom stereocenters. The quantitative estimate of drug-likeness (QED) is 0.533. The van der Waals surface area contributed by atoms with Crippen LogP contribution in [0.25, 0.3) is 11.5 Å². The van der Waals surface area contributed by atoms with Crippen molar-refractivity contribution in [2.24, 2.45) is 0 Å². The van der Waals surface area contributed by atoms with Crippen molar-refractivity contribution in [1.29, 1.82) is 0 Å². The maximum atomic E-state index is 12.3. The number of carbonyl (C=O) groups excluding carboxylic acids is 1. The zero-order chi connectivity index (χ0) is 20.2. The summed E-state index contributed by atoms with van der Waals surface area (Å²) in [6.07, 6.45) is 0. The van der Waals surface area contributed by atoms with Gasteiger partial charge in [0.1, 0.15) is 13.2 Å². The second kappa shape index (κ2) is 8.87. The monoisotopic (exact) mass is 475 g/mol. The second-order valence-corrected chi connectivity index (χ2v) is 8.11. The number of carbonyl (C=O) groups is 1. The number of hydrogen-bond donors (Lipinski definition) is 1. The molecule has 1 aliphatic heterocycles. The molecule has 0 aliphatic carbocycles. The van der Waals surface area contributed by atoms with Crippen LogP contribution in [-0.2, 0) is 4.79 Å². The molecule has 150 valence electrons. The molecule has 4 rings (SSSR count). The van der Waals surface area contributed by atoms with Gasteiger partial charge >= 0.3 is 0 Å². The summed E-state index contributed by atoms with van der Waals surface area (Å²) in [4.78, 5) is 12.3. The molecule has 2 heterocycles. The number of hydrogen-bond acceptors (Lipinski definition) is 7. The summed E-state index contributed by atoms with van der Waals surface area (Å²) < 4.78 is 17.6. The van der Waals surface area contributed by atoms with Gasteiger partial charge in [-0.15, -0.1) is 10.2 Å². The Balaban J connectivity index is 1.33. The SMILES string of the molecule is C[C@H](NC(=O)CSc1nnc(-c2ccccc2Br)o1)c1ccc2c(c1)OCCO2. The third kappa shape index (κ3) is 4.73. The zero-order valence-corrected chi connectivity index (χ0v) is 18.0. The highest BCUT2D eigenvalue weighted by molar-refractivity contribution is 9.10. The molecule has 7 nitrogen and oxygen atoms in total. The summed E-state index contributed by atoms with van der Waals surface area (Å²) in [6.45, 7) is 3.00. The van der Waals surface area contributed by atoms with Crippen LogP contribution in [0.1, 0.15) is 18.5 Å². The summed E-state index contributed by atoms with van der Waals surface area (Å²) in [5, 5.41) is 11.4. The van der Waals surface area contributed by atoms with Crippen LogP contribution in [0.3, 0.4) is 0 Å². The van der Waals surface area contributed by atoms with E-state index in [0.717, 1.165) is 21.3 Å². The number of thioether (sulfide) groups is 1. The standard InChI is InChI=1S/C20H18BrN3O4S/c1-12(13-6-7-16-17(10-13)27-9-8-26-16)22-18(25)11-29-20-24-23-19(28-20)14-4-2-3-5-15(14)21/h2-7,10,12H,8-9,11H2,1H3,(H,22,25)/t12-/m0/s1. The van der Waals surface area contributed by atoms with Gasteiger partial charge in [0, 0.05) is 4.47 Å². The Bertz CT molecular complexity index is 1030. The lowest BCUT2D eigenvalue weighted by Crippen LogP contribution is -2.28. The van der Waals surface area contributed by atoms with Gasteiger partial charge in [0.05, 0.1) is 17.4 Å². The number of amides is 1. The largest absolute Gasteiger partial charge is 0.486 e. The molecule has 0 saturated heterocycles.